The van der Waals surface area contributed by atoms with Gasteiger partial charge in [0.15, 0.2) is 17.5 Å². The van der Waals surface area contributed by atoms with E-state index in [0.29, 0.717) is 44.5 Å². The molecule has 4 nitrogen and oxygen atoms in total. The van der Waals surface area contributed by atoms with E-state index in [1.54, 1.807) is 18.2 Å². The summed E-state index contributed by atoms with van der Waals surface area (Å²) in [6.07, 6.45) is 5.10. The molecule has 3 aliphatic rings. The van der Waals surface area contributed by atoms with E-state index >= 15 is 0 Å². The second-order valence-electron chi connectivity index (χ2n) is 9.63. The average Bonchev–Trinajstić information content (AvgIpc) is 3.16. The molecule has 184 valence electrons. The van der Waals surface area contributed by atoms with Crippen LogP contribution < -0.4 is 4.90 Å². The number of likely N-dealkylation sites (tertiary alicyclic amines) is 1. The van der Waals surface area contributed by atoms with Crippen molar-refractivity contribution in [3.05, 3.63) is 83.0 Å². The van der Waals surface area contributed by atoms with Crippen LogP contribution in [-0.2, 0) is 4.74 Å². The number of piperidine rings is 1. The Morgan fingerprint density at radius 3 is 2.49 bits per heavy atom. The molecule has 2 saturated heterocycles. The first kappa shape index (κ1) is 23.6. The maximum atomic E-state index is 14.6. The predicted octanol–water partition coefficient (Wildman–Crippen LogP) is 6.08. The summed E-state index contributed by atoms with van der Waals surface area (Å²) in [6, 6.07) is 8.39. The van der Waals surface area contributed by atoms with E-state index in [-0.39, 0.29) is 23.7 Å². The third-order valence-electron chi connectivity index (χ3n) is 7.17. The van der Waals surface area contributed by atoms with Crippen molar-refractivity contribution in [1.82, 2.24) is 4.90 Å². The van der Waals surface area contributed by atoms with Gasteiger partial charge in [0.05, 0.1) is 12.2 Å². The minimum atomic E-state index is -1.46. The molecule has 0 saturated carbocycles. The predicted molar refractivity (Wildman–Crippen MR) is 125 cm³/mol. The molecule has 0 radical (unpaired) electrons. The second-order valence-corrected chi connectivity index (χ2v) is 9.63. The molecule has 0 aromatic heterocycles. The maximum Gasteiger partial charge on any atom is 0.415 e. The van der Waals surface area contributed by atoms with E-state index in [9.17, 15) is 22.4 Å². The first-order valence-electron chi connectivity index (χ1n) is 11.8. The Balaban J connectivity index is 1.31. The zero-order valence-corrected chi connectivity index (χ0v) is 19.4. The number of allylic oxidation sites excluding steroid dienone is 2. The third kappa shape index (κ3) is 4.47. The summed E-state index contributed by atoms with van der Waals surface area (Å²) in [5.41, 5.74) is 1.15. The Morgan fingerprint density at radius 1 is 1.00 bits per heavy atom. The van der Waals surface area contributed by atoms with Crippen LogP contribution in [0.3, 0.4) is 0 Å². The Bertz CT molecular complexity index is 1220. The SMILES string of the molecule is CC1C=CC(CN2CCC3(CC2)CN(c2ccccc2F)C(=O)O3)=C(c2ccc(F)c(F)c2F)C1. The van der Waals surface area contributed by atoms with Crippen LogP contribution in [-0.4, -0.2) is 42.8 Å². The molecule has 1 atom stereocenters. The molecule has 0 bridgehead atoms. The number of benzene rings is 2. The van der Waals surface area contributed by atoms with Crippen molar-refractivity contribution in [1.29, 1.82) is 0 Å². The monoisotopic (exact) mass is 486 g/mol. The molecule has 8 heteroatoms. The molecule has 2 aromatic carbocycles. The van der Waals surface area contributed by atoms with E-state index in [1.807, 2.05) is 19.1 Å². The van der Waals surface area contributed by atoms with Crippen LogP contribution in [0.1, 0.15) is 31.7 Å². The molecule has 1 amide bonds. The Kier molecular flexibility index (Phi) is 6.17. The van der Waals surface area contributed by atoms with Gasteiger partial charge in [0.1, 0.15) is 11.4 Å². The highest BCUT2D eigenvalue weighted by Gasteiger charge is 2.48. The van der Waals surface area contributed by atoms with Gasteiger partial charge in [0.25, 0.3) is 0 Å². The molecule has 2 aromatic rings. The van der Waals surface area contributed by atoms with Crippen molar-refractivity contribution in [2.24, 2.45) is 5.92 Å². The number of rotatable bonds is 4. The smallest absolute Gasteiger partial charge is 0.415 e. The molecule has 5 rings (SSSR count). The summed E-state index contributed by atoms with van der Waals surface area (Å²) in [7, 11) is 0. The molecule has 35 heavy (non-hydrogen) atoms. The summed E-state index contributed by atoms with van der Waals surface area (Å²) in [6.45, 7) is 4.03. The van der Waals surface area contributed by atoms with Gasteiger partial charge in [-0.3, -0.25) is 9.80 Å². The maximum absolute atomic E-state index is 14.6. The number of anilines is 1. The standard InChI is InChI=1S/C27H26F4N2O2/c1-17-6-7-18(20(14-17)19-8-9-22(29)25(31)24(19)30)15-32-12-10-27(11-13-32)16-33(26(34)35-27)23-5-3-2-4-21(23)28/h2-9,17H,10-16H2,1H3. The van der Waals surface area contributed by atoms with E-state index in [1.165, 1.54) is 17.0 Å². The van der Waals surface area contributed by atoms with Crippen molar-refractivity contribution >= 4 is 17.4 Å². The highest BCUT2D eigenvalue weighted by Crippen LogP contribution is 2.38. The van der Waals surface area contributed by atoms with Crippen molar-refractivity contribution in [3.63, 3.8) is 0 Å². The Labute approximate surface area is 201 Å². The van der Waals surface area contributed by atoms with Gasteiger partial charge < -0.3 is 4.74 Å². The number of carbonyl (C=O) groups is 1. The van der Waals surface area contributed by atoms with Crippen molar-refractivity contribution < 1.29 is 27.1 Å². The van der Waals surface area contributed by atoms with Gasteiger partial charge in [-0.2, -0.15) is 0 Å². The summed E-state index contributed by atoms with van der Waals surface area (Å²) in [5.74, 6) is -4.15. The van der Waals surface area contributed by atoms with Crippen LogP contribution in [0.4, 0.5) is 28.0 Å². The number of ether oxygens (including phenoxy) is 1. The van der Waals surface area contributed by atoms with E-state index in [4.69, 9.17) is 4.74 Å². The minimum Gasteiger partial charge on any atom is -0.441 e. The van der Waals surface area contributed by atoms with E-state index in [0.717, 1.165) is 11.6 Å². The first-order valence-corrected chi connectivity index (χ1v) is 11.8. The zero-order valence-electron chi connectivity index (χ0n) is 19.4. The number of halogens is 4. The number of carbonyl (C=O) groups excluding carboxylic acids is 1. The fourth-order valence-electron chi connectivity index (χ4n) is 5.19. The van der Waals surface area contributed by atoms with Crippen LogP contribution in [0.5, 0.6) is 0 Å². The molecule has 2 fully saturated rings. The summed E-state index contributed by atoms with van der Waals surface area (Å²) in [4.78, 5) is 16.1. The lowest BCUT2D eigenvalue weighted by atomic mass is 9.85. The minimum absolute atomic E-state index is 0.0915. The molecule has 2 aliphatic heterocycles. The molecule has 1 aliphatic carbocycles. The van der Waals surface area contributed by atoms with Crippen LogP contribution in [0, 0.1) is 29.2 Å². The van der Waals surface area contributed by atoms with Crippen LogP contribution >= 0.6 is 0 Å². The third-order valence-corrected chi connectivity index (χ3v) is 7.17. The van der Waals surface area contributed by atoms with Crippen molar-refractivity contribution in [2.75, 3.05) is 31.1 Å². The number of nitrogens with zero attached hydrogens (tertiary/aromatic N) is 2. The Morgan fingerprint density at radius 2 is 1.74 bits per heavy atom. The van der Waals surface area contributed by atoms with Gasteiger partial charge in [-0.25, -0.2) is 22.4 Å². The van der Waals surface area contributed by atoms with Crippen LogP contribution in [0.2, 0.25) is 0 Å². The van der Waals surface area contributed by atoms with Gasteiger partial charge in [-0.05, 0) is 47.8 Å². The molecular weight excluding hydrogens is 460 g/mol. The Hall–Kier alpha value is -3.13. The van der Waals surface area contributed by atoms with Gasteiger partial charge in [0.2, 0.25) is 0 Å². The van der Waals surface area contributed by atoms with Gasteiger partial charge in [-0.15, -0.1) is 0 Å². The van der Waals surface area contributed by atoms with E-state index < -0.39 is 35.0 Å². The van der Waals surface area contributed by atoms with E-state index in [2.05, 4.69) is 4.90 Å². The molecule has 2 heterocycles. The lowest BCUT2D eigenvalue weighted by Crippen LogP contribution is -2.47. The van der Waals surface area contributed by atoms with Gasteiger partial charge in [0, 0.05) is 38.0 Å². The second kappa shape index (κ2) is 9.15. The molecule has 0 N–H and O–H groups in total. The quantitative estimate of drug-likeness (QED) is 0.388. The average molecular weight is 487 g/mol. The number of para-hydroxylation sites is 1. The summed E-state index contributed by atoms with van der Waals surface area (Å²) >= 11 is 0. The normalized spacial score (nSPS) is 22.3. The first-order chi connectivity index (χ1) is 16.8. The topological polar surface area (TPSA) is 32.8 Å². The van der Waals surface area contributed by atoms with Gasteiger partial charge >= 0.3 is 6.09 Å². The highest BCUT2D eigenvalue weighted by molar-refractivity contribution is 5.90. The number of hydrogen-bond donors (Lipinski definition) is 0. The lowest BCUT2D eigenvalue weighted by Gasteiger charge is -2.38. The molecule has 1 spiro atoms. The summed E-state index contributed by atoms with van der Waals surface area (Å²) in [5, 5.41) is 0. The van der Waals surface area contributed by atoms with Crippen LogP contribution in [0.15, 0.2) is 54.1 Å². The molecular formula is C27H26F4N2O2. The highest BCUT2D eigenvalue weighted by atomic mass is 19.2. The lowest BCUT2D eigenvalue weighted by molar-refractivity contribution is 0.00321. The fraction of sp³-hybridized carbons (Fsp3) is 0.370. The number of amides is 1. The van der Waals surface area contributed by atoms with Gasteiger partial charge in [-0.1, -0.05) is 31.2 Å². The van der Waals surface area contributed by atoms with Crippen molar-refractivity contribution in [3.8, 4) is 0 Å². The van der Waals surface area contributed by atoms with Crippen LogP contribution in [0.25, 0.3) is 5.57 Å². The zero-order chi connectivity index (χ0) is 24.7. The van der Waals surface area contributed by atoms with Crippen molar-refractivity contribution in [2.45, 2.75) is 31.8 Å². The number of hydrogen-bond acceptors (Lipinski definition) is 3. The largest absolute Gasteiger partial charge is 0.441 e. The molecule has 1 unspecified atom stereocenters. The fourth-order valence-corrected chi connectivity index (χ4v) is 5.19. The summed E-state index contributed by atoms with van der Waals surface area (Å²) < 4.78 is 62.0.